The van der Waals surface area contributed by atoms with Crippen molar-refractivity contribution < 1.29 is 0 Å². The summed E-state index contributed by atoms with van der Waals surface area (Å²) in [6.45, 7) is 8.88. The van der Waals surface area contributed by atoms with Gasteiger partial charge in [-0.15, -0.1) is 0 Å². The lowest BCUT2D eigenvalue weighted by Crippen LogP contribution is -2.27. The second-order valence-electron chi connectivity index (χ2n) is 8.70. The summed E-state index contributed by atoms with van der Waals surface area (Å²) < 4.78 is 2.18. The number of nitrogens with zero attached hydrogens (tertiary/aromatic N) is 3. The summed E-state index contributed by atoms with van der Waals surface area (Å²) >= 11 is 0. The number of aromatic nitrogens is 2. The summed E-state index contributed by atoms with van der Waals surface area (Å²) in [6.07, 6.45) is 26.2. The highest BCUT2D eigenvalue weighted by atomic mass is 15.1. The van der Waals surface area contributed by atoms with Crippen LogP contribution in [0.1, 0.15) is 90.9 Å². The third-order valence-corrected chi connectivity index (χ3v) is 5.79. The molecule has 0 radical (unpaired) electrons. The van der Waals surface area contributed by atoms with Crippen LogP contribution in [0.5, 0.6) is 0 Å². The zero-order valence-electron chi connectivity index (χ0n) is 20.1. The normalized spacial score (nSPS) is 12.5. The van der Waals surface area contributed by atoms with Gasteiger partial charge in [0.15, 0.2) is 0 Å². The van der Waals surface area contributed by atoms with Crippen molar-refractivity contribution in [2.45, 2.75) is 103 Å². The van der Waals surface area contributed by atoms with Crippen LogP contribution in [0.3, 0.4) is 0 Å². The van der Waals surface area contributed by atoms with Crippen molar-refractivity contribution in [3.8, 4) is 0 Å². The molecule has 0 spiro atoms. The third kappa shape index (κ3) is 16.3. The maximum absolute atomic E-state index is 4.09. The maximum atomic E-state index is 4.09. The van der Waals surface area contributed by atoms with E-state index in [1.165, 1.54) is 77.0 Å². The Balaban J connectivity index is 1.77. The summed E-state index contributed by atoms with van der Waals surface area (Å²) in [6, 6.07) is 0.635. The molecule has 1 atom stereocenters. The van der Waals surface area contributed by atoms with Crippen molar-refractivity contribution in [2.24, 2.45) is 0 Å². The second-order valence-corrected chi connectivity index (χ2v) is 8.70. The topological polar surface area (TPSA) is 45.1 Å². The molecule has 5 nitrogen and oxygen atoms in total. The molecular formula is C25H49N5. The zero-order chi connectivity index (χ0) is 21.7. The first-order valence-electron chi connectivity index (χ1n) is 12.5. The Morgan fingerprint density at radius 2 is 1.60 bits per heavy atom. The molecule has 30 heavy (non-hydrogen) atoms. The van der Waals surface area contributed by atoms with Gasteiger partial charge in [0.05, 0.1) is 6.33 Å². The number of rotatable bonds is 21. The molecule has 2 N–H and O–H groups in total. The molecule has 0 aliphatic rings. The fraction of sp³-hybridized carbons (Fsp3) is 0.800. The highest BCUT2D eigenvalue weighted by Gasteiger charge is 1.97. The van der Waals surface area contributed by atoms with Gasteiger partial charge in [0.2, 0.25) is 0 Å². The largest absolute Gasteiger partial charge is 0.390 e. The monoisotopic (exact) mass is 419 g/mol. The lowest BCUT2D eigenvalue weighted by molar-refractivity contribution is 0.425. The lowest BCUT2D eigenvalue weighted by Gasteiger charge is -2.14. The Bertz CT molecular complexity index is 486. The quantitative estimate of drug-likeness (QED) is 0.256. The summed E-state index contributed by atoms with van der Waals surface area (Å²) in [5.41, 5.74) is 0. The van der Waals surface area contributed by atoms with E-state index in [4.69, 9.17) is 0 Å². The van der Waals surface area contributed by atoms with Gasteiger partial charge in [0.25, 0.3) is 0 Å². The first-order chi connectivity index (χ1) is 14.7. The average Bonchev–Trinajstić information content (AvgIpc) is 3.27. The van der Waals surface area contributed by atoms with E-state index in [-0.39, 0.29) is 0 Å². The van der Waals surface area contributed by atoms with Gasteiger partial charge >= 0.3 is 0 Å². The fourth-order valence-electron chi connectivity index (χ4n) is 3.51. The molecule has 1 unspecified atom stereocenters. The van der Waals surface area contributed by atoms with Crippen LogP contribution in [0.2, 0.25) is 0 Å². The second kappa shape index (κ2) is 19.5. The molecule has 0 bridgehead atoms. The average molecular weight is 420 g/mol. The van der Waals surface area contributed by atoms with Crippen molar-refractivity contribution >= 4 is 0 Å². The van der Waals surface area contributed by atoms with Crippen LogP contribution in [0.25, 0.3) is 0 Å². The minimum Gasteiger partial charge on any atom is -0.390 e. The number of hydrogen-bond donors (Lipinski definition) is 2. The number of unbranched alkanes of at least 4 members (excludes halogenated alkanes) is 9. The van der Waals surface area contributed by atoms with Gasteiger partial charge in [0, 0.05) is 57.5 Å². The molecule has 0 saturated carbocycles. The van der Waals surface area contributed by atoms with Gasteiger partial charge in [-0.2, -0.15) is 0 Å². The standard InChI is InChI=1S/C25H49N5/c1-4-25(2)28-17-15-16-26-18-22-29(3)20-13-11-9-7-5-6-8-10-12-14-21-30-23-19-27-24-30/h18-19,22-26,28H,4-17,20-21H2,1-3H3/b22-18-. The van der Waals surface area contributed by atoms with E-state index in [9.17, 15) is 0 Å². The van der Waals surface area contributed by atoms with Crippen molar-refractivity contribution in [1.82, 2.24) is 25.1 Å². The zero-order valence-corrected chi connectivity index (χ0v) is 20.1. The Morgan fingerprint density at radius 1 is 0.933 bits per heavy atom. The van der Waals surface area contributed by atoms with Crippen LogP contribution in [0, 0.1) is 0 Å². The predicted octanol–water partition coefficient (Wildman–Crippen LogP) is 5.55. The smallest absolute Gasteiger partial charge is 0.0945 e. The third-order valence-electron chi connectivity index (χ3n) is 5.79. The highest BCUT2D eigenvalue weighted by Crippen LogP contribution is 2.11. The first kappa shape index (κ1) is 26.5. The van der Waals surface area contributed by atoms with E-state index in [0.29, 0.717) is 6.04 Å². The van der Waals surface area contributed by atoms with Gasteiger partial charge in [-0.25, -0.2) is 4.98 Å². The summed E-state index contributed by atoms with van der Waals surface area (Å²) in [7, 11) is 2.18. The Labute approximate surface area is 186 Å². The molecular weight excluding hydrogens is 370 g/mol. The fourth-order valence-corrected chi connectivity index (χ4v) is 3.51. The van der Waals surface area contributed by atoms with E-state index in [1.807, 2.05) is 12.5 Å². The van der Waals surface area contributed by atoms with E-state index in [2.05, 4.69) is 64.6 Å². The maximum Gasteiger partial charge on any atom is 0.0945 e. The predicted molar refractivity (Wildman–Crippen MR) is 131 cm³/mol. The highest BCUT2D eigenvalue weighted by molar-refractivity contribution is 4.78. The van der Waals surface area contributed by atoms with Crippen molar-refractivity contribution in [3.63, 3.8) is 0 Å². The van der Waals surface area contributed by atoms with Gasteiger partial charge in [-0.3, -0.25) is 0 Å². The van der Waals surface area contributed by atoms with Crippen molar-refractivity contribution in [2.75, 3.05) is 26.7 Å². The van der Waals surface area contributed by atoms with E-state index in [1.54, 1.807) is 0 Å². The molecule has 1 rings (SSSR count). The molecule has 174 valence electrons. The van der Waals surface area contributed by atoms with Gasteiger partial charge in [-0.1, -0.05) is 58.3 Å². The summed E-state index contributed by atoms with van der Waals surface area (Å²) in [5, 5.41) is 6.92. The number of hydrogen-bond acceptors (Lipinski definition) is 4. The van der Waals surface area contributed by atoms with Crippen LogP contribution in [0.4, 0.5) is 0 Å². The van der Waals surface area contributed by atoms with Gasteiger partial charge in [0.1, 0.15) is 0 Å². The van der Waals surface area contributed by atoms with Gasteiger partial charge in [-0.05, 0) is 39.2 Å². The van der Waals surface area contributed by atoms with E-state index in [0.717, 1.165) is 26.2 Å². The van der Waals surface area contributed by atoms with Gasteiger partial charge < -0.3 is 20.1 Å². The Kier molecular flexibility index (Phi) is 17.2. The van der Waals surface area contributed by atoms with Crippen LogP contribution in [-0.4, -0.2) is 47.2 Å². The number of imidazole rings is 1. The summed E-state index contributed by atoms with van der Waals surface area (Å²) in [4.78, 5) is 6.39. The van der Waals surface area contributed by atoms with Crippen LogP contribution in [-0.2, 0) is 6.54 Å². The minimum absolute atomic E-state index is 0.635. The van der Waals surface area contributed by atoms with E-state index >= 15 is 0 Å². The van der Waals surface area contributed by atoms with Crippen LogP contribution >= 0.6 is 0 Å². The molecule has 0 aromatic carbocycles. The Hall–Kier alpha value is -1.49. The number of nitrogens with one attached hydrogen (secondary N) is 2. The van der Waals surface area contributed by atoms with Crippen molar-refractivity contribution in [3.05, 3.63) is 31.1 Å². The molecule has 0 aliphatic heterocycles. The minimum atomic E-state index is 0.635. The van der Waals surface area contributed by atoms with Crippen molar-refractivity contribution in [1.29, 1.82) is 0 Å². The van der Waals surface area contributed by atoms with E-state index < -0.39 is 0 Å². The molecule has 0 saturated heterocycles. The molecule has 0 fully saturated rings. The molecule has 1 aromatic heterocycles. The Morgan fingerprint density at radius 3 is 2.23 bits per heavy atom. The number of aryl methyl sites for hydroxylation is 1. The SMILES string of the molecule is CCC(C)NCCCN/C=C\N(C)CCCCCCCCCCCCn1ccnc1. The lowest BCUT2D eigenvalue weighted by atomic mass is 10.1. The van der Waals surface area contributed by atoms with Crippen LogP contribution in [0.15, 0.2) is 31.1 Å². The molecule has 5 heteroatoms. The molecule has 0 aliphatic carbocycles. The molecule has 0 amide bonds. The molecule has 1 heterocycles. The molecule has 1 aromatic rings. The first-order valence-corrected chi connectivity index (χ1v) is 12.5. The van der Waals surface area contributed by atoms with Crippen LogP contribution < -0.4 is 10.6 Å². The summed E-state index contributed by atoms with van der Waals surface area (Å²) in [5.74, 6) is 0.